The van der Waals surface area contributed by atoms with Gasteiger partial charge in [-0.1, -0.05) is 6.07 Å². The number of alkyl halides is 1. The number of nitrogens with zero attached hydrogens (tertiary/aromatic N) is 2. The molecule has 4 heteroatoms. The predicted molar refractivity (Wildman–Crippen MR) is 69.7 cm³/mol. The zero-order valence-electron chi connectivity index (χ0n) is 10.00. The lowest BCUT2D eigenvalue weighted by molar-refractivity contribution is 0.613. The smallest absolute Gasteiger partial charge is 0.129 e. The first kappa shape index (κ1) is 11.7. The molecule has 2 nitrogen and oxygen atoms in total. The Morgan fingerprint density at radius 1 is 1.28 bits per heavy atom. The van der Waals surface area contributed by atoms with Crippen molar-refractivity contribution in [1.29, 1.82) is 0 Å². The first-order valence-corrected chi connectivity index (χ1v) is 6.73. The molecule has 0 spiro atoms. The van der Waals surface area contributed by atoms with Crippen molar-refractivity contribution in [3.8, 4) is 5.69 Å². The average molecular weight is 265 g/mol. The maximum absolute atomic E-state index is 13.8. The zero-order chi connectivity index (χ0) is 12.5. The Morgan fingerprint density at radius 2 is 2.11 bits per heavy atom. The van der Waals surface area contributed by atoms with E-state index >= 15 is 0 Å². The molecule has 3 rings (SSSR count). The van der Waals surface area contributed by atoms with Gasteiger partial charge < -0.3 is 4.57 Å². The molecule has 0 aliphatic heterocycles. The molecule has 1 aliphatic carbocycles. The molecule has 1 heterocycles. The summed E-state index contributed by atoms with van der Waals surface area (Å²) in [5.74, 6) is -0.0737. The Morgan fingerprint density at radius 3 is 2.94 bits per heavy atom. The summed E-state index contributed by atoms with van der Waals surface area (Å²) in [6, 6.07) is 5.07. The number of fused-ring (bicyclic) bond motifs is 1. The summed E-state index contributed by atoms with van der Waals surface area (Å²) in [7, 11) is 0. The van der Waals surface area contributed by atoms with E-state index in [0.717, 1.165) is 24.2 Å². The molecule has 0 amide bonds. The van der Waals surface area contributed by atoms with Crippen LogP contribution in [0.5, 0.6) is 0 Å². The van der Waals surface area contributed by atoms with Crippen LogP contribution in [0.1, 0.15) is 29.8 Å². The lowest BCUT2D eigenvalue weighted by Crippen LogP contribution is -2.08. The van der Waals surface area contributed by atoms with Crippen molar-refractivity contribution in [2.45, 2.75) is 31.6 Å². The van der Waals surface area contributed by atoms with Crippen molar-refractivity contribution < 1.29 is 4.39 Å². The van der Waals surface area contributed by atoms with Gasteiger partial charge in [-0.05, 0) is 37.8 Å². The second kappa shape index (κ2) is 4.73. The summed E-state index contributed by atoms with van der Waals surface area (Å²) in [6.07, 6.45) is 6.18. The SMILES string of the molecule is Fc1cccc(-n2cnc3c2CCCC3)c1CCl. The van der Waals surface area contributed by atoms with Crippen molar-refractivity contribution in [3.63, 3.8) is 0 Å². The van der Waals surface area contributed by atoms with Gasteiger partial charge in [0.2, 0.25) is 0 Å². The molecular formula is C14H14ClFN2. The summed E-state index contributed by atoms with van der Waals surface area (Å²) in [4.78, 5) is 4.44. The van der Waals surface area contributed by atoms with E-state index in [1.54, 1.807) is 12.4 Å². The summed E-state index contributed by atoms with van der Waals surface area (Å²) < 4.78 is 15.8. The zero-order valence-corrected chi connectivity index (χ0v) is 10.8. The molecule has 0 radical (unpaired) electrons. The first-order valence-electron chi connectivity index (χ1n) is 6.20. The minimum atomic E-state index is -0.249. The minimum Gasteiger partial charge on any atom is -0.303 e. The fourth-order valence-electron chi connectivity index (χ4n) is 2.58. The van der Waals surface area contributed by atoms with Crippen molar-refractivity contribution in [2.24, 2.45) is 0 Å². The Hall–Kier alpha value is -1.35. The lowest BCUT2D eigenvalue weighted by atomic mass is 10.0. The first-order chi connectivity index (χ1) is 8.81. The minimum absolute atomic E-state index is 0.176. The summed E-state index contributed by atoms with van der Waals surface area (Å²) >= 11 is 5.86. The van der Waals surface area contributed by atoms with Crippen LogP contribution in [0.2, 0.25) is 0 Å². The van der Waals surface area contributed by atoms with E-state index in [4.69, 9.17) is 11.6 Å². The summed E-state index contributed by atoms with van der Waals surface area (Å²) in [5.41, 5.74) is 3.72. The van der Waals surface area contributed by atoms with E-state index in [-0.39, 0.29) is 11.7 Å². The van der Waals surface area contributed by atoms with Crippen LogP contribution in [-0.4, -0.2) is 9.55 Å². The monoisotopic (exact) mass is 264 g/mol. The summed E-state index contributed by atoms with van der Waals surface area (Å²) in [5, 5.41) is 0. The maximum atomic E-state index is 13.8. The molecule has 0 unspecified atom stereocenters. The van der Waals surface area contributed by atoms with E-state index in [2.05, 4.69) is 4.98 Å². The van der Waals surface area contributed by atoms with Crippen LogP contribution in [0.4, 0.5) is 4.39 Å². The second-order valence-electron chi connectivity index (χ2n) is 4.59. The Bertz CT molecular complexity index is 577. The predicted octanol–water partition coefficient (Wildman–Crippen LogP) is 3.63. The molecule has 18 heavy (non-hydrogen) atoms. The van der Waals surface area contributed by atoms with Gasteiger partial charge in [0.25, 0.3) is 0 Å². The number of halogens is 2. The van der Waals surface area contributed by atoms with Gasteiger partial charge in [-0.15, -0.1) is 11.6 Å². The van der Waals surface area contributed by atoms with Gasteiger partial charge in [-0.2, -0.15) is 0 Å². The molecule has 1 aromatic heterocycles. The number of hydrogen-bond donors (Lipinski definition) is 0. The molecular weight excluding hydrogens is 251 g/mol. The van der Waals surface area contributed by atoms with Crippen LogP contribution < -0.4 is 0 Å². The Labute approximate surface area is 110 Å². The molecule has 1 aliphatic rings. The number of hydrogen-bond acceptors (Lipinski definition) is 1. The van der Waals surface area contributed by atoms with Crippen molar-refractivity contribution in [1.82, 2.24) is 9.55 Å². The largest absolute Gasteiger partial charge is 0.303 e. The van der Waals surface area contributed by atoms with Gasteiger partial charge in [-0.3, -0.25) is 0 Å². The van der Waals surface area contributed by atoms with Gasteiger partial charge in [0.05, 0.1) is 23.6 Å². The third kappa shape index (κ3) is 1.83. The normalized spacial score (nSPS) is 14.6. The van der Waals surface area contributed by atoms with E-state index in [0.29, 0.717) is 5.56 Å². The van der Waals surface area contributed by atoms with Crippen LogP contribution >= 0.6 is 11.6 Å². The number of aryl methyl sites for hydroxylation is 1. The number of aromatic nitrogens is 2. The average Bonchev–Trinajstić information content (AvgIpc) is 2.82. The summed E-state index contributed by atoms with van der Waals surface area (Å²) in [6.45, 7) is 0. The molecule has 94 valence electrons. The molecule has 1 aromatic carbocycles. The molecule has 0 bridgehead atoms. The Balaban J connectivity index is 2.15. The van der Waals surface area contributed by atoms with E-state index < -0.39 is 0 Å². The molecule has 0 atom stereocenters. The highest BCUT2D eigenvalue weighted by atomic mass is 35.5. The number of rotatable bonds is 2. The van der Waals surface area contributed by atoms with Gasteiger partial charge in [-0.25, -0.2) is 9.37 Å². The van der Waals surface area contributed by atoms with E-state index in [1.165, 1.54) is 24.6 Å². The third-order valence-electron chi connectivity index (χ3n) is 3.52. The number of imidazole rings is 1. The van der Waals surface area contributed by atoms with E-state index in [9.17, 15) is 4.39 Å². The van der Waals surface area contributed by atoms with Gasteiger partial charge in [0.15, 0.2) is 0 Å². The lowest BCUT2D eigenvalue weighted by Gasteiger charge is -2.16. The van der Waals surface area contributed by atoms with Crippen molar-refractivity contribution >= 4 is 11.6 Å². The standard InChI is InChI=1S/C14H14ClFN2/c15-8-10-11(16)4-3-7-13(10)18-9-17-12-5-1-2-6-14(12)18/h3-4,7,9H,1-2,5-6,8H2. The Kier molecular flexibility index (Phi) is 3.08. The van der Waals surface area contributed by atoms with Gasteiger partial charge in [0.1, 0.15) is 5.82 Å². The fraction of sp³-hybridized carbons (Fsp3) is 0.357. The third-order valence-corrected chi connectivity index (χ3v) is 3.78. The quantitative estimate of drug-likeness (QED) is 0.758. The van der Waals surface area contributed by atoms with Crippen LogP contribution in [0.15, 0.2) is 24.5 Å². The molecule has 0 N–H and O–H groups in total. The second-order valence-corrected chi connectivity index (χ2v) is 4.85. The van der Waals surface area contributed by atoms with E-state index in [1.807, 2.05) is 10.6 Å². The number of benzene rings is 1. The van der Waals surface area contributed by atoms with Crippen molar-refractivity contribution in [3.05, 3.63) is 47.3 Å². The van der Waals surface area contributed by atoms with Crippen LogP contribution in [0.3, 0.4) is 0 Å². The highest BCUT2D eigenvalue weighted by molar-refractivity contribution is 6.17. The molecule has 0 saturated carbocycles. The highest BCUT2D eigenvalue weighted by Gasteiger charge is 2.18. The van der Waals surface area contributed by atoms with Gasteiger partial charge >= 0.3 is 0 Å². The molecule has 2 aromatic rings. The molecule has 0 fully saturated rings. The molecule has 0 saturated heterocycles. The topological polar surface area (TPSA) is 17.8 Å². The highest BCUT2D eigenvalue weighted by Crippen LogP contribution is 2.26. The van der Waals surface area contributed by atoms with Gasteiger partial charge in [0, 0.05) is 11.3 Å². The van der Waals surface area contributed by atoms with Crippen molar-refractivity contribution in [2.75, 3.05) is 0 Å². The van der Waals surface area contributed by atoms with Crippen LogP contribution in [0.25, 0.3) is 5.69 Å². The van der Waals surface area contributed by atoms with Crippen LogP contribution in [-0.2, 0) is 18.7 Å². The van der Waals surface area contributed by atoms with Crippen LogP contribution in [0, 0.1) is 5.82 Å². The maximum Gasteiger partial charge on any atom is 0.129 e. The fourth-order valence-corrected chi connectivity index (χ4v) is 2.85.